The van der Waals surface area contributed by atoms with Gasteiger partial charge in [-0.25, -0.2) is 14.8 Å². The third-order valence-electron chi connectivity index (χ3n) is 6.02. The van der Waals surface area contributed by atoms with Crippen molar-refractivity contribution in [1.82, 2.24) is 30.8 Å². The summed E-state index contributed by atoms with van der Waals surface area (Å²) in [6.45, 7) is 5.37. The van der Waals surface area contributed by atoms with Crippen LogP contribution in [0.4, 0.5) is 13.2 Å². The van der Waals surface area contributed by atoms with Crippen molar-refractivity contribution < 1.29 is 36.7 Å². The molecule has 39 heavy (non-hydrogen) atoms. The molecule has 1 aliphatic rings. The summed E-state index contributed by atoms with van der Waals surface area (Å²) in [5.41, 5.74) is 0.864. The average Bonchev–Trinajstić information content (AvgIpc) is 3.37. The summed E-state index contributed by atoms with van der Waals surface area (Å²) in [6.07, 6.45) is -2.56. The number of nitrogens with one attached hydrogen (secondary N) is 3. The van der Waals surface area contributed by atoms with Gasteiger partial charge in [0.1, 0.15) is 12.1 Å². The van der Waals surface area contributed by atoms with Crippen molar-refractivity contribution in [2.24, 2.45) is 11.8 Å². The van der Waals surface area contributed by atoms with Crippen LogP contribution in [0.1, 0.15) is 54.8 Å². The highest BCUT2D eigenvalue weighted by atomic mass is 19.4. The van der Waals surface area contributed by atoms with Gasteiger partial charge in [0.25, 0.3) is 11.8 Å². The number of alkyl halides is 3. The maximum atomic E-state index is 13.3. The number of halogens is 3. The predicted molar refractivity (Wildman–Crippen MR) is 130 cm³/mol. The van der Waals surface area contributed by atoms with Gasteiger partial charge in [0, 0.05) is 11.1 Å². The van der Waals surface area contributed by atoms with Crippen molar-refractivity contribution in [3.05, 3.63) is 42.0 Å². The fourth-order valence-electron chi connectivity index (χ4n) is 3.84. The van der Waals surface area contributed by atoms with Crippen LogP contribution in [0.15, 0.2) is 34.9 Å². The first-order valence-corrected chi connectivity index (χ1v) is 12.3. The van der Waals surface area contributed by atoms with Gasteiger partial charge in [-0.3, -0.25) is 14.7 Å². The normalized spacial score (nSPS) is 15.1. The Morgan fingerprint density at radius 1 is 1.15 bits per heavy atom. The van der Waals surface area contributed by atoms with Crippen molar-refractivity contribution in [1.29, 1.82) is 0 Å². The number of benzene rings is 1. The molecule has 3 aromatic rings. The molecule has 1 aliphatic carbocycles. The molecule has 2 heterocycles. The van der Waals surface area contributed by atoms with E-state index in [1.807, 2.05) is 5.32 Å². The molecular formula is C25H27F3N6O5. The molecule has 0 spiro atoms. The zero-order chi connectivity index (χ0) is 28.3. The van der Waals surface area contributed by atoms with Gasteiger partial charge in [0.15, 0.2) is 5.82 Å². The zero-order valence-corrected chi connectivity index (χ0v) is 21.3. The molecule has 0 radical (unpaired) electrons. The Morgan fingerprint density at radius 2 is 1.87 bits per heavy atom. The van der Waals surface area contributed by atoms with Gasteiger partial charge in [-0.05, 0) is 43.7 Å². The Kier molecular flexibility index (Phi) is 8.02. The minimum atomic E-state index is -4.56. The van der Waals surface area contributed by atoms with E-state index in [0.29, 0.717) is 24.0 Å². The van der Waals surface area contributed by atoms with Crippen molar-refractivity contribution >= 4 is 17.8 Å². The van der Waals surface area contributed by atoms with Gasteiger partial charge in [-0.1, -0.05) is 26.0 Å². The molecule has 4 rings (SSSR count). The van der Waals surface area contributed by atoms with Crippen LogP contribution in [-0.4, -0.2) is 62.8 Å². The molecule has 2 amide bonds. The van der Waals surface area contributed by atoms with Crippen LogP contribution in [0.2, 0.25) is 0 Å². The molecule has 2 aromatic heterocycles. The van der Waals surface area contributed by atoms with Gasteiger partial charge in [0.2, 0.25) is 17.5 Å². The molecule has 0 aliphatic heterocycles. The van der Waals surface area contributed by atoms with Crippen LogP contribution in [0, 0.1) is 11.8 Å². The van der Waals surface area contributed by atoms with E-state index in [1.165, 1.54) is 6.20 Å². The Balaban J connectivity index is 1.47. The third kappa shape index (κ3) is 6.62. The average molecular weight is 549 g/mol. The molecule has 11 nitrogen and oxygen atoms in total. The summed E-state index contributed by atoms with van der Waals surface area (Å²) in [5, 5.41) is 10.9. The van der Waals surface area contributed by atoms with Crippen molar-refractivity contribution in [3.63, 3.8) is 0 Å². The van der Waals surface area contributed by atoms with E-state index in [1.54, 1.807) is 45.0 Å². The zero-order valence-electron chi connectivity index (χ0n) is 21.3. The van der Waals surface area contributed by atoms with Gasteiger partial charge in [-0.2, -0.15) is 18.3 Å². The first-order valence-electron chi connectivity index (χ1n) is 12.3. The summed E-state index contributed by atoms with van der Waals surface area (Å²) < 4.78 is 50.4. The fraction of sp³-hybridized carbons (Fsp3) is 0.440. The van der Waals surface area contributed by atoms with E-state index in [4.69, 9.17) is 9.15 Å². The lowest BCUT2D eigenvalue weighted by atomic mass is 10.0. The van der Waals surface area contributed by atoms with E-state index in [-0.39, 0.29) is 35.8 Å². The van der Waals surface area contributed by atoms with Gasteiger partial charge in [0.05, 0.1) is 12.8 Å². The number of aromatic nitrogens is 4. The lowest BCUT2D eigenvalue weighted by Gasteiger charge is -2.20. The molecule has 0 saturated heterocycles. The Hall–Kier alpha value is -4.23. The van der Waals surface area contributed by atoms with Gasteiger partial charge < -0.3 is 19.8 Å². The molecule has 1 aromatic carbocycles. The van der Waals surface area contributed by atoms with E-state index in [9.17, 15) is 27.6 Å². The molecule has 0 bridgehead atoms. The van der Waals surface area contributed by atoms with E-state index < -0.39 is 42.0 Å². The number of oxazole rings is 1. The number of H-pyrrole nitrogens is 1. The number of ether oxygens (including phenoxy) is 1. The van der Waals surface area contributed by atoms with E-state index in [0.717, 1.165) is 0 Å². The first kappa shape index (κ1) is 27.8. The SMILES string of the molecule is CCOC(=O)C(NC(=O)c1cnc(-c2cccc(-c3n[nH]c(C(=O)NC(C4CC4)C(F)(F)F)n3)c2)o1)C(C)C. The lowest BCUT2D eigenvalue weighted by molar-refractivity contribution is -0.158. The van der Waals surface area contributed by atoms with Gasteiger partial charge in [-0.15, -0.1) is 0 Å². The molecule has 14 heteroatoms. The fourth-order valence-corrected chi connectivity index (χ4v) is 3.84. The quantitative estimate of drug-likeness (QED) is 0.326. The largest absolute Gasteiger partial charge is 0.464 e. The van der Waals surface area contributed by atoms with Crippen LogP contribution in [0.5, 0.6) is 0 Å². The highest BCUT2D eigenvalue weighted by Gasteiger charge is 2.50. The number of carbonyl (C=O) groups is 3. The first-order chi connectivity index (χ1) is 18.5. The van der Waals surface area contributed by atoms with Crippen LogP contribution >= 0.6 is 0 Å². The molecular weight excluding hydrogens is 521 g/mol. The summed E-state index contributed by atoms with van der Waals surface area (Å²) >= 11 is 0. The summed E-state index contributed by atoms with van der Waals surface area (Å²) in [7, 11) is 0. The number of hydrogen-bond donors (Lipinski definition) is 3. The minimum absolute atomic E-state index is 0.0655. The van der Waals surface area contributed by atoms with Crippen molar-refractivity contribution in [2.45, 2.75) is 51.9 Å². The Morgan fingerprint density at radius 3 is 2.51 bits per heavy atom. The summed E-state index contributed by atoms with van der Waals surface area (Å²) in [4.78, 5) is 45.4. The number of hydrogen-bond acceptors (Lipinski definition) is 8. The predicted octanol–water partition coefficient (Wildman–Crippen LogP) is 3.51. The molecule has 1 saturated carbocycles. The highest BCUT2D eigenvalue weighted by Crippen LogP contribution is 2.40. The topological polar surface area (TPSA) is 152 Å². The molecule has 2 atom stereocenters. The van der Waals surface area contributed by atoms with Crippen LogP contribution in [-0.2, 0) is 9.53 Å². The second-order valence-corrected chi connectivity index (χ2v) is 9.40. The van der Waals surface area contributed by atoms with Gasteiger partial charge >= 0.3 is 12.1 Å². The molecule has 2 unspecified atom stereocenters. The number of carbonyl (C=O) groups excluding carboxylic acids is 3. The number of rotatable bonds is 10. The molecule has 208 valence electrons. The highest BCUT2D eigenvalue weighted by molar-refractivity contribution is 5.94. The summed E-state index contributed by atoms with van der Waals surface area (Å²) in [6, 6.07) is 3.67. The smallest absolute Gasteiger partial charge is 0.408 e. The maximum absolute atomic E-state index is 13.3. The maximum Gasteiger partial charge on any atom is 0.408 e. The van der Waals surface area contributed by atoms with E-state index in [2.05, 4.69) is 25.5 Å². The van der Waals surface area contributed by atoms with E-state index >= 15 is 0 Å². The number of nitrogens with zero attached hydrogens (tertiary/aromatic N) is 3. The van der Waals surface area contributed by atoms with Crippen LogP contribution < -0.4 is 10.6 Å². The second kappa shape index (κ2) is 11.3. The van der Waals surface area contributed by atoms with Crippen LogP contribution in [0.3, 0.4) is 0 Å². The number of aromatic amines is 1. The standard InChI is InChI=1S/C25H27F3N6O5/c1-4-38-24(37)17(12(2)3)30-21(35)16-11-29-23(39-16)15-7-5-6-14(10-15)19-32-20(34-33-19)22(36)31-18(13-8-9-13)25(26,27)28/h5-7,10-13,17-18H,4,8-9H2,1-3H3,(H,30,35)(H,31,36)(H,32,33,34). The van der Waals surface area contributed by atoms with Crippen molar-refractivity contribution in [3.8, 4) is 22.8 Å². The summed E-state index contributed by atoms with van der Waals surface area (Å²) in [5.74, 6) is -3.42. The second-order valence-electron chi connectivity index (χ2n) is 9.40. The monoisotopic (exact) mass is 548 g/mol. The van der Waals surface area contributed by atoms with Crippen molar-refractivity contribution in [2.75, 3.05) is 6.61 Å². The Bertz CT molecular complexity index is 1350. The molecule has 3 N–H and O–H groups in total. The third-order valence-corrected chi connectivity index (χ3v) is 6.02. The lowest BCUT2D eigenvalue weighted by Crippen LogP contribution is -2.47. The Labute approximate surface area is 220 Å². The molecule has 1 fully saturated rings. The van der Waals surface area contributed by atoms with Crippen LogP contribution in [0.25, 0.3) is 22.8 Å². The number of amides is 2. The minimum Gasteiger partial charge on any atom is -0.464 e. The number of esters is 1.